The minimum absolute atomic E-state index is 0.133. The summed E-state index contributed by atoms with van der Waals surface area (Å²) in [6.07, 6.45) is 0. The molecule has 0 radical (unpaired) electrons. The second-order valence-corrected chi connectivity index (χ2v) is 5.19. The molecule has 2 aromatic rings. The molecule has 2 rings (SSSR count). The van der Waals surface area contributed by atoms with E-state index in [4.69, 9.17) is 11.6 Å². The number of aromatic nitrogens is 2. The average molecular weight is 314 g/mol. The molecule has 0 aliphatic heterocycles. The van der Waals surface area contributed by atoms with E-state index in [1.807, 2.05) is 13.8 Å². The molecule has 1 heterocycles. The molecule has 1 aromatic heterocycles. The van der Waals surface area contributed by atoms with E-state index in [1.165, 1.54) is 12.1 Å². The highest BCUT2D eigenvalue weighted by molar-refractivity contribution is 6.30. The highest BCUT2D eigenvalue weighted by atomic mass is 35.5. The van der Waals surface area contributed by atoms with Gasteiger partial charge in [0, 0.05) is 11.1 Å². The Hall–Kier alpha value is -1.95. The minimum Gasteiger partial charge on any atom is -0.260 e. The number of nitrogens with zero attached hydrogens (tertiary/aromatic N) is 3. The second kappa shape index (κ2) is 7.17. The van der Waals surface area contributed by atoms with Gasteiger partial charge in [-0.2, -0.15) is 5.10 Å². The highest BCUT2D eigenvalue weighted by Gasteiger charge is 2.22. The third-order valence-corrected chi connectivity index (χ3v) is 2.98. The lowest BCUT2D eigenvalue weighted by Crippen LogP contribution is -2.05. The Kier molecular flexibility index (Phi) is 5.84. The van der Waals surface area contributed by atoms with Crippen LogP contribution in [0.3, 0.4) is 0 Å². The van der Waals surface area contributed by atoms with Crippen molar-refractivity contribution in [3.8, 4) is 0 Å². The van der Waals surface area contributed by atoms with Gasteiger partial charge < -0.3 is 0 Å². The first kappa shape index (κ1) is 17.1. The van der Waals surface area contributed by atoms with Crippen molar-refractivity contribution in [1.29, 1.82) is 0 Å². The van der Waals surface area contributed by atoms with Crippen molar-refractivity contribution in [2.45, 2.75) is 33.7 Å². The quantitative estimate of drug-likeness (QED) is 0.607. The Balaban J connectivity index is 0.000000235. The van der Waals surface area contributed by atoms with Crippen LogP contribution in [0.4, 0.5) is 10.1 Å². The van der Waals surface area contributed by atoms with E-state index >= 15 is 0 Å². The summed E-state index contributed by atoms with van der Waals surface area (Å²) in [7, 11) is 0. The van der Waals surface area contributed by atoms with Gasteiger partial charge in [0.15, 0.2) is 0 Å². The zero-order valence-electron chi connectivity index (χ0n) is 12.3. The first-order valence-electron chi connectivity index (χ1n) is 6.35. The Bertz CT molecular complexity index is 624. The molecule has 114 valence electrons. The molecule has 0 spiro atoms. The molecule has 1 aromatic carbocycles. The summed E-state index contributed by atoms with van der Waals surface area (Å²) >= 11 is 5.40. The SMILES string of the molecule is Cc1nn(C(C)C)c(C)c1[N+](=O)[O-].Fc1cccc(Cl)c1. The van der Waals surface area contributed by atoms with E-state index in [0.717, 1.165) is 0 Å². The molecule has 5 nitrogen and oxygen atoms in total. The fourth-order valence-corrected chi connectivity index (χ4v) is 2.06. The first-order valence-corrected chi connectivity index (χ1v) is 6.73. The third-order valence-electron chi connectivity index (χ3n) is 2.75. The number of aryl methyl sites for hydroxylation is 1. The summed E-state index contributed by atoms with van der Waals surface area (Å²) in [5.41, 5.74) is 1.24. The van der Waals surface area contributed by atoms with Gasteiger partial charge in [0.05, 0.1) is 4.92 Å². The van der Waals surface area contributed by atoms with E-state index in [9.17, 15) is 14.5 Å². The van der Waals surface area contributed by atoms with Crippen LogP contribution in [-0.4, -0.2) is 14.7 Å². The van der Waals surface area contributed by atoms with Crippen molar-refractivity contribution < 1.29 is 9.31 Å². The van der Waals surface area contributed by atoms with Gasteiger partial charge in [-0.1, -0.05) is 17.7 Å². The highest BCUT2D eigenvalue weighted by Crippen LogP contribution is 2.23. The zero-order valence-corrected chi connectivity index (χ0v) is 13.1. The smallest absolute Gasteiger partial charge is 0.260 e. The van der Waals surface area contributed by atoms with E-state index < -0.39 is 0 Å². The van der Waals surface area contributed by atoms with Crippen LogP contribution in [0.1, 0.15) is 31.3 Å². The van der Waals surface area contributed by atoms with Gasteiger partial charge in [0.25, 0.3) is 0 Å². The van der Waals surface area contributed by atoms with Gasteiger partial charge in [0.2, 0.25) is 0 Å². The summed E-state index contributed by atoms with van der Waals surface area (Å²) in [5, 5.41) is 15.2. The fourth-order valence-electron chi connectivity index (χ4n) is 1.88. The van der Waals surface area contributed by atoms with E-state index in [2.05, 4.69) is 5.10 Å². The normalized spacial score (nSPS) is 10.2. The lowest BCUT2D eigenvalue weighted by Gasteiger charge is -2.05. The molecule has 21 heavy (non-hydrogen) atoms. The van der Waals surface area contributed by atoms with Crippen molar-refractivity contribution >= 4 is 17.3 Å². The van der Waals surface area contributed by atoms with Crippen LogP contribution in [0.15, 0.2) is 24.3 Å². The Morgan fingerprint density at radius 2 is 2.00 bits per heavy atom. The summed E-state index contributed by atoms with van der Waals surface area (Å²) in [6, 6.07) is 5.97. The van der Waals surface area contributed by atoms with Crippen LogP contribution in [0.2, 0.25) is 5.02 Å². The van der Waals surface area contributed by atoms with Crippen LogP contribution < -0.4 is 0 Å². The van der Waals surface area contributed by atoms with Gasteiger partial charge in [0.1, 0.15) is 17.2 Å². The number of halogens is 2. The number of rotatable bonds is 2. The molecule has 0 atom stereocenters. The number of hydrogen-bond donors (Lipinski definition) is 0. The lowest BCUT2D eigenvalue weighted by molar-refractivity contribution is -0.386. The summed E-state index contributed by atoms with van der Waals surface area (Å²) < 4.78 is 13.8. The standard InChI is InChI=1S/C8H13N3O2.C6H4ClF/c1-5(2)10-7(4)8(11(12)13)6(3)9-10;7-5-2-1-3-6(8)4-5/h5H,1-4H3;1-4H. The minimum atomic E-state index is -0.378. The molecular formula is C14H17ClFN3O2. The van der Waals surface area contributed by atoms with E-state index in [-0.39, 0.29) is 22.5 Å². The molecule has 0 fully saturated rings. The van der Waals surface area contributed by atoms with Crippen molar-refractivity contribution in [1.82, 2.24) is 9.78 Å². The molecule has 0 saturated carbocycles. The van der Waals surface area contributed by atoms with Gasteiger partial charge in [-0.05, 0) is 45.9 Å². The zero-order chi connectivity index (χ0) is 16.2. The molecule has 0 N–H and O–H groups in total. The monoisotopic (exact) mass is 313 g/mol. The molecule has 0 amide bonds. The topological polar surface area (TPSA) is 61.0 Å². The van der Waals surface area contributed by atoms with E-state index in [0.29, 0.717) is 16.4 Å². The predicted molar refractivity (Wildman–Crippen MR) is 80.2 cm³/mol. The summed E-state index contributed by atoms with van der Waals surface area (Å²) in [6.45, 7) is 7.27. The van der Waals surface area contributed by atoms with Crippen molar-refractivity contribution in [3.63, 3.8) is 0 Å². The molecule has 0 saturated heterocycles. The summed E-state index contributed by atoms with van der Waals surface area (Å²) in [5.74, 6) is -0.294. The third kappa shape index (κ3) is 4.53. The fraction of sp³-hybridized carbons (Fsp3) is 0.357. The maximum Gasteiger partial charge on any atom is 0.312 e. The molecular weight excluding hydrogens is 297 g/mol. The summed E-state index contributed by atoms with van der Waals surface area (Å²) in [4.78, 5) is 10.3. The first-order chi connectivity index (χ1) is 9.73. The Labute approximate surface area is 127 Å². The number of nitro groups is 1. The number of hydrogen-bond acceptors (Lipinski definition) is 3. The maximum atomic E-state index is 12.1. The van der Waals surface area contributed by atoms with Crippen LogP contribution in [-0.2, 0) is 0 Å². The largest absolute Gasteiger partial charge is 0.312 e. The average Bonchev–Trinajstić information content (AvgIpc) is 2.65. The van der Waals surface area contributed by atoms with Crippen LogP contribution in [0, 0.1) is 29.8 Å². The van der Waals surface area contributed by atoms with Crippen molar-refractivity contribution in [2.24, 2.45) is 0 Å². The maximum absolute atomic E-state index is 12.1. The van der Waals surface area contributed by atoms with Crippen LogP contribution >= 0.6 is 11.6 Å². The van der Waals surface area contributed by atoms with Gasteiger partial charge >= 0.3 is 5.69 Å². The van der Waals surface area contributed by atoms with Gasteiger partial charge in [-0.25, -0.2) is 4.39 Å². The second-order valence-electron chi connectivity index (χ2n) is 4.75. The van der Waals surface area contributed by atoms with Crippen molar-refractivity contribution in [2.75, 3.05) is 0 Å². The van der Waals surface area contributed by atoms with Gasteiger partial charge in [-0.3, -0.25) is 14.8 Å². The predicted octanol–water partition coefficient (Wildman–Crippen LogP) is 4.47. The molecule has 0 aliphatic rings. The molecule has 0 aliphatic carbocycles. The van der Waals surface area contributed by atoms with E-state index in [1.54, 1.807) is 30.7 Å². The van der Waals surface area contributed by atoms with Crippen LogP contribution in [0.25, 0.3) is 0 Å². The van der Waals surface area contributed by atoms with Crippen LogP contribution in [0.5, 0.6) is 0 Å². The number of benzene rings is 1. The van der Waals surface area contributed by atoms with Gasteiger partial charge in [-0.15, -0.1) is 0 Å². The Morgan fingerprint density at radius 1 is 1.38 bits per heavy atom. The molecule has 0 unspecified atom stereocenters. The molecule has 0 bridgehead atoms. The Morgan fingerprint density at radius 3 is 2.29 bits per heavy atom. The molecule has 7 heteroatoms. The lowest BCUT2D eigenvalue weighted by atomic mass is 10.3. The van der Waals surface area contributed by atoms with Crippen molar-refractivity contribution in [3.05, 3.63) is 56.6 Å².